The smallest absolute Gasteiger partial charge is 0.270 e. The van der Waals surface area contributed by atoms with E-state index in [2.05, 4.69) is 0 Å². The molecule has 0 saturated carbocycles. The van der Waals surface area contributed by atoms with Gasteiger partial charge in [0.05, 0.1) is 17.7 Å². The maximum Gasteiger partial charge on any atom is 0.270 e. The van der Waals surface area contributed by atoms with Crippen molar-refractivity contribution in [3.8, 4) is 5.75 Å². The maximum atomic E-state index is 13.2. The minimum Gasteiger partial charge on any atom is -0.497 e. The summed E-state index contributed by atoms with van der Waals surface area (Å²) in [5.41, 5.74) is 1.34. The molecule has 0 aliphatic carbocycles. The average Bonchev–Trinajstić information content (AvgIpc) is 2.62. The van der Waals surface area contributed by atoms with Gasteiger partial charge in [-0.3, -0.25) is 4.79 Å². The lowest BCUT2D eigenvalue weighted by molar-refractivity contribution is -0.117. The van der Waals surface area contributed by atoms with Gasteiger partial charge in [-0.05, 0) is 54.3 Å². The van der Waals surface area contributed by atoms with E-state index in [-0.39, 0.29) is 11.3 Å². The number of nitrogens with zero attached hydrogens (tertiary/aromatic N) is 1. The Hall–Kier alpha value is -2.34. The van der Waals surface area contributed by atoms with E-state index in [0.717, 1.165) is 9.87 Å². The van der Waals surface area contributed by atoms with Gasteiger partial charge in [-0.15, -0.1) is 0 Å². The number of rotatable bonds is 7. The van der Waals surface area contributed by atoms with Gasteiger partial charge in [0.1, 0.15) is 5.75 Å². The standard InChI is InChI=1S/C20H25NO4S/c1-5-6-20(22)21(17-9-11-18(25-4)12-10-17)26(23,24)19-13-7-16(8-14-19)15(2)3/h7-15H,5-6H2,1-4H3. The highest BCUT2D eigenvalue weighted by Crippen LogP contribution is 2.28. The van der Waals surface area contributed by atoms with Crippen LogP contribution >= 0.6 is 0 Å². The topological polar surface area (TPSA) is 63.7 Å². The SMILES string of the molecule is CCCC(=O)N(c1ccc(OC)cc1)S(=O)(=O)c1ccc(C(C)C)cc1. The van der Waals surface area contributed by atoms with E-state index in [0.29, 0.717) is 23.8 Å². The minimum atomic E-state index is -3.99. The van der Waals surface area contributed by atoms with Crippen molar-refractivity contribution in [1.29, 1.82) is 0 Å². The monoisotopic (exact) mass is 375 g/mol. The number of anilines is 1. The van der Waals surface area contributed by atoms with Crippen LogP contribution in [0.2, 0.25) is 0 Å². The number of amides is 1. The number of carbonyl (C=O) groups excluding carboxylic acids is 1. The molecule has 0 aliphatic rings. The lowest BCUT2D eigenvalue weighted by atomic mass is 10.0. The second-order valence-electron chi connectivity index (χ2n) is 6.33. The van der Waals surface area contributed by atoms with Crippen LogP contribution < -0.4 is 9.04 Å². The first kappa shape index (κ1) is 20.0. The van der Waals surface area contributed by atoms with Crippen molar-refractivity contribution in [2.75, 3.05) is 11.4 Å². The van der Waals surface area contributed by atoms with Gasteiger partial charge in [0.2, 0.25) is 5.91 Å². The van der Waals surface area contributed by atoms with E-state index in [1.165, 1.54) is 7.11 Å². The van der Waals surface area contributed by atoms with E-state index in [9.17, 15) is 13.2 Å². The molecule has 0 saturated heterocycles. The third kappa shape index (κ3) is 4.25. The highest BCUT2D eigenvalue weighted by molar-refractivity contribution is 7.93. The van der Waals surface area contributed by atoms with Crippen LogP contribution in [-0.4, -0.2) is 21.4 Å². The Morgan fingerprint density at radius 2 is 1.62 bits per heavy atom. The van der Waals surface area contributed by atoms with Crippen LogP contribution in [-0.2, 0) is 14.8 Å². The Kier molecular flexibility index (Phi) is 6.42. The molecule has 0 radical (unpaired) electrons. The van der Waals surface area contributed by atoms with E-state index < -0.39 is 15.9 Å². The molecule has 2 rings (SSSR count). The third-order valence-corrected chi connectivity index (χ3v) is 5.85. The Balaban J connectivity index is 2.49. The van der Waals surface area contributed by atoms with Crippen molar-refractivity contribution < 1.29 is 17.9 Å². The quantitative estimate of drug-likeness (QED) is 0.722. The summed E-state index contributed by atoms with van der Waals surface area (Å²) >= 11 is 0. The predicted octanol–water partition coefficient (Wildman–Crippen LogP) is 4.34. The molecule has 5 nitrogen and oxygen atoms in total. The molecular weight excluding hydrogens is 350 g/mol. The number of sulfonamides is 1. The lowest BCUT2D eigenvalue weighted by Crippen LogP contribution is -2.36. The first-order valence-corrected chi connectivity index (χ1v) is 10.1. The van der Waals surface area contributed by atoms with E-state index in [1.54, 1.807) is 48.5 Å². The second-order valence-corrected chi connectivity index (χ2v) is 8.12. The summed E-state index contributed by atoms with van der Waals surface area (Å²) in [6, 6.07) is 13.1. The molecule has 0 bridgehead atoms. The number of methoxy groups -OCH3 is 1. The van der Waals surface area contributed by atoms with Crippen LogP contribution in [0.4, 0.5) is 5.69 Å². The van der Waals surface area contributed by atoms with E-state index in [1.807, 2.05) is 20.8 Å². The fourth-order valence-electron chi connectivity index (χ4n) is 2.58. The van der Waals surface area contributed by atoms with Crippen molar-refractivity contribution in [3.05, 3.63) is 54.1 Å². The summed E-state index contributed by atoms with van der Waals surface area (Å²) in [6.07, 6.45) is 0.711. The Labute approximate surface area is 155 Å². The van der Waals surface area contributed by atoms with Gasteiger partial charge in [-0.1, -0.05) is 32.9 Å². The van der Waals surface area contributed by atoms with Gasteiger partial charge in [0.15, 0.2) is 0 Å². The zero-order chi connectivity index (χ0) is 19.3. The Morgan fingerprint density at radius 1 is 1.04 bits per heavy atom. The highest BCUT2D eigenvalue weighted by atomic mass is 32.2. The van der Waals surface area contributed by atoms with Gasteiger partial charge >= 0.3 is 0 Å². The van der Waals surface area contributed by atoms with Crippen molar-refractivity contribution in [3.63, 3.8) is 0 Å². The molecular formula is C20H25NO4S. The van der Waals surface area contributed by atoms with Crippen LogP contribution in [0.5, 0.6) is 5.75 Å². The largest absolute Gasteiger partial charge is 0.497 e. The van der Waals surface area contributed by atoms with Gasteiger partial charge in [-0.25, -0.2) is 12.7 Å². The second kappa shape index (κ2) is 8.36. The molecule has 6 heteroatoms. The van der Waals surface area contributed by atoms with Crippen molar-refractivity contribution in [1.82, 2.24) is 0 Å². The van der Waals surface area contributed by atoms with Gasteiger partial charge in [-0.2, -0.15) is 0 Å². The minimum absolute atomic E-state index is 0.0992. The van der Waals surface area contributed by atoms with Gasteiger partial charge < -0.3 is 4.74 Å². The zero-order valence-electron chi connectivity index (χ0n) is 15.6. The number of carbonyl (C=O) groups is 1. The summed E-state index contributed by atoms with van der Waals surface area (Å²) in [6.45, 7) is 5.92. The average molecular weight is 375 g/mol. The van der Waals surface area contributed by atoms with E-state index in [4.69, 9.17) is 4.74 Å². The van der Waals surface area contributed by atoms with Crippen molar-refractivity contribution in [2.24, 2.45) is 0 Å². The molecule has 1 amide bonds. The number of ether oxygens (including phenoxy) is 1. The van der Waals surface area contributed by atoms with Crippen molar-refractivity contribution in [2.45, 2.75) is 44.4 Å². The summed E-state index contributed by atoms with van der Waals surface area (Å²) in [5, 5.41) is 0. The molecule has 2 aromatic rings. The van der Waals surface area contributed by atoms with Crippen LogP contribution in [0.25, 0.3) is 0 Å². The third-order valence-electron chi connectivity index (χ3n) is 4.08. The Morgan fingerprint density at radius 3 is 2.08 bits per heavy atom. The summed E-state index contributed by atoms with van der Waals surface area (Å²) in [5.74, 6) is 0.437. The highest BCUT2D eigenvalue weighted by Gasteiger charge is 2.30. The molecule has 0 aliphatic heterocycles. The van der Waals surface area contributed by atoms with Crippen LogP contribution in [0.3, 0.4) is 0 Å². The first-order chi connectivity index (χ1) is 12.3. The molecule has 26 heavy (non-hydrogen) atoms. The summed E-state index contributed by atoms with van der Waals surface area (Å²) in [4.78, 5) is 12.7. The molecule has 0 N–H and O–H groups in total. The summed E-state index contributed by atoms with van der Waals surface area (Å²) < 4.78 is 32.3. The van der Waals surface area contributed by atoms with E-state index >= 15 is 0 Å². The maximum absolute atomic E-state index is 13.2. The molecule has 0 aromatic heterocycles. The van der Waals surface area contributed by atoms with Crippen LogP contribution in [0, 0.1) is 0 Å². The normalized spacial score (nSPS) is 11.4. The molecule has 140 valence electrons. The molecule has 2 aromatic carbocycles. The van der Waals surface area contributed by atoms with Gasteiger partial charge in [0, 0.05) is 6.42 Å². The first-order valence-electron chi connectivity index (χ1n) is 8.63. The Bertz CT molecular complexity index is 840. The van der Waals surface area contributed by atoms with Crippen LogP contribution in [0.1, 0.15) is 45.1 Å². The molecule has 0 fully saturated rings. The predicted molar refractivity (Wildman–Crippen MR) is 103 cm³/mol. The fraction of sp³-hybridized carbons (Fsp3) is 0.350. The van der Waals surface area contributed by atoms with Gasteiger partial charge in [0.25, 0.3) is 10.0 Å². The molecule has 0 atom stereocenters. The zero-order valence-corrected chi connectivity index (χ0v) is 16.4. The molecule has 0 unspecified atom stereocenters. The number of hydrogen-bond donors (Lipinski definition) is 0. The molecule has 0 heterocycles. The summed E-state index contributed by atoms with van der Waals surface area (Å²) in [7, 11) is -2.46. The number of hydrogen-bond acceptors (Lipinski definition) is 4. The van der Waals surface area contributed by atoms with Crippen LogP contribution in [0.15, 0.2) is 53.4 Å². The fourth-order valence-corrected chi connectivity index (χ4v) is 4.03. The molecule has 0 spiro atoms. The van der Waals surface area contributed by atoms with Crippen molar-refractivity contribution >= 4 is 21.6 Å². The number of benzene rings is 2. The lowest BCUT2D eigenvalue weighted by Gasteiger charge is -2.23.